The molecule has 2 N–H and O–H groups in total. The summed E-state index contributed by atoms with van der Waals surface area (Å²) < 4.78 is 0. The quantitative estimate of drug-likeness (QED) is 0.900. The summed E-state index contributed by atoms with van der Waals surface area (Å²) in [5.41, 5.74) is 3.16. The Morgan fingerprint density at radius 3 is 2.18 bits per heavy atom. The lowest BCUT2D eigenvalue weighted by molar-refractivity contribution is -0.139. The van der Waals surface area contributed by atoms with E-state index in [1.807, 2.05) is 19.9 Å². The topological polar surface area (TPSA) is 92.2 Å². The first-order valence-electron chi connectivity index (χ1n) is 6.77. The Morgan fingerprint density at radius 1 is 1.05 bits per heavy atom. The fourth-order valence-corrected chi connectivity index (χ4v) is 2.18. The fraction of sp³-hybridized carbons (Fsp3) is 0.250. The smallest absolute Gasteiger partial charge is 0.330 e. The van der Waals surface area contributed by atoms with Crippen molar-refractivity contribution in [2.24, 2.45) is 0 Å². The minimum Gasteiger partial charge on any atom is -0.479 e. The van der Waals surface area contributed by atoms with Gasteiger partial charge in [0.25, 0.3) is 5.91 Å². The van der Waals surface area contributed by atoms with Crippen molar-refractivity contribution in [3.05, 3.63) is 58.7 Å². The highest BCUT2D eigenvalue weighted by Crippen LogP contribution is 2.18. The maximum atomic E-state index is 12.1. The number of aromatic nitrogens is 2. The number of hydrogen-bond donors (Lipinski definition) is 2. The first-order valence-corrected chi connectivity index (χ1v) is 6.77. The molecule has 1 unspecified atom stereocenters. The Balaban J connectivity index is 2.27. The molecular formula is C16H17N3O3. The molecule has 1 aromatic carbocycles. The van der Waals surface area contributed by atoms with E-state index in [1.165, 1.54) is 12.4 Å². The highest BCUT2D eigenvalue weighted by molar-refractivity contribution is 5.95. The number of rotatable bonds is 4. The summed E-state index contributed by atoms with van der Waals surface area (Å²) in [6.07, 6.45) is 2.78. The third-order valence-electron chi connectivity index (χ3n) is 3.11. The van der Waals surface area contributed by atoms with Crippen molar-refractivity contribution in [3.8, 4) is 0 Å². The zero-order valence-corrected chi connectivity index (χ0v) is 12.6. The predicted molar refractivity (Wildman–Crippen MR) is 80.5 cm³/mol. The fourth-order valence-electron chi connectivity index (χ4n) is 2.18. The van der Waals surface area contributed by atoms with Crippen LogP contribution in [0.1, 0.15) is 38.9 Å². The number of carboxylic acid groups (broad SMARTS) is 1. The lowest BCUT2D eigenvalue weighted by Gasteiger charge is -2.16. The van der Waals surface area contributed by atoms with Gasteiger partial charge < -0.3 is 10.4 Å². The molecule has 2 rings (SSSR count). The highest BCUT2D eigenvalue weighted by Gasteiger charge is 2.23. The van der Waals surface area contributed by atoms with Gasteiger partial charge in [-0.3, -0.25) is 9.78 Å². The Hall–Kier alpha value is -2.76. The average molecular weight is 299 g/mol. The van der Waals surface area contributed by atoms with Gasteiger partial charge >= 0.3 is 5.97 Å². The van der Waals surface area contributed by atoms with Crippen LogP contribution in [0.5, 0.6) is 0 Å². The minimum atomic E-state index is -1.13. The molecular weight excluding hydrogens is 282 g/mol. The highest BCUT2D eigenvalue weighted by atomic mass is 16.4. The number of carbonyl (C=O) groups is 2. The van der Waals surface area contributed by atoms with E-state index in [9.17, 15) is 14.7 Å². The lowest BCUT2D eigenvalue weighted by atomic mass is 10.0. The van der Waals surface area contributed by atoms with Crippen LogP contribution in [-0.4, -0.2) is 27.0 Å². The SMILES string of the molecule is Cc1cc(C)cc(C(NC(=O)c2cnc(C)cn2)C(=O)O)c1. The average Bonchev–Trinajstić information content (AvgIpc) is 2.43. The summed E-state index contributed by atoms with van der Waals surface area (Å²) in [4.78, 5) is 31.6. The van der Waals surface area contributed by atoms with Gasteiger partial charge in [0.1, 0.15) is 5.69 Å². The second-order valence-corrected chi connectivity index (χ2v) is 5.21. The molecule has 0 aliphatic carbocycles. The number of amides is 1. The van der Waals surface area contributed by atoms with Crippen molar-refractivity contribution in [1.82, 2.24) is 15.3 Å². The van der Waals surface area contributed by atoms with Crippen LogP contribution in [0, 0.1) is 20.8 Å². The van der Waals surface area contributed by atoms with Crippen molar-refractivity contribution in [1.29, 1.82) is 0 Å². The molecule has 6 heteroatoms. The molecule has 1 aromatic heterocycles. The predicted octanol–water partition coefficient (Wildman–Crippen LogP) is 1.96. The Morgan fingerprint density at radius 2 is 1.68 bits per heavy atom. The van der Waals surface area contributed by atoms with Crippen molar-refractivity contribution in [2.45, 2.75) is 26.8 Å². The second kappa shape index (κ2) is 6.34. The molecule has 1 heterocycles. The van der Waals surface area contributed by atoms with Gasteiger partial charge in [0.05, 0.1) is 11.9 Å². The van der Waals surface area contributed by atoms with E-state index in [1.54, 1.807) is 19.1 Å². The molecule has 6 nitrogen and oxygen atoms in total. The third-order valence-corrected chi connectivity index (χ3v) is 3.11. The molecule has 2 aromatic rings. The second-order valence-electron chi connectivity index (χ2n) is 5.21. The van der Waals surface area contributed by atoms with Crippen LogP contribution in [-0.2, 0) is 4.79 Å². The molecule has 1 atom stereocenters. The monoisotopic (exact) mass is 299 g/mol. The van der Waals surface area contributed by atoms with Crippen molar-refractivity contribution < 1.29 is 14.7 Å². The van der Waals surface area contributed by atoms with E-state index in [0.29, 0.717) is 11.3 Å². The molecule has 0 aliphatic rings. The number of aliphatic carboxylic acids is 1. The summed E-state index contributed by atoms with van der Waals surface area (Å²) in [6, 6.07) is 4.30. The molecule has 0 bridgehead atoms. The molecule has 22 heavy (non-hydrogen) atoms. The Labute approximate surface area is 128 Å². The summed E-state index contributed by atoms with van der Waals surface area (Å²) >= 11 is 0. The molecule has 0 spiro atoms. The molecule has 0 saturated carbocycles. The van der Waals surface area contributed by atoms with Crippen LogP contribution in [0.4, 0.5) is 0 Å². The van der Waals surface area contributed by atoms with Gasteiger partial charge in [0, 0.05) is 6.20 Å². The van der Waals surface area contributed by atoms with E-state index in [2.05, 4.69) is 15.3 Å². The number of benzene rings is 1. The molecule has 0 saturated heterocycles. The number of hydrogen-bond acceptors (Lipinski definition) is 4. The van der Waals surface area contributed by atoms with Crippen molar-refractivity contribution in [2.75, 3.05) is 0 Å². The standard InChI is InChI=1S/C16H17N3O3/c1-9-4-10(2)6-12(5-9)14(16(21)22)19-15(20)13-8-17-11(3)7-18-13/h4-8,14H,1-3H3,(H,19,20)(H,21,22). The maximum absolute atomic E-state index is 12.1. The van der Waals surface area contributed by atoms with E-state index >= 15 is 0 Å². The Bertz CT molecular complexity index is 691. The van der Waals surface area contributed by atoms with E-state index < -0.39 is 17.9 Å². The summed E-state index contributed by atoms with van der Waals surface area (Å²) in [7, 11) is 0. The van der Waals surface area contributed by atoms with Gasteiger partial charge in [-0.15, -0.1) is 0 Å². The van der Waals surface area contributed by atoms with E-state index in [0.717, 1.165) is 11.1 Å². The van der Waals surface area contributed by atoms with Gasteiger partial charge in [-0.25, -0.2) is 9.78 Å². The summed E-state index contributed by atoms with van der Waals surface area (Å²) in [5.74, 6) is -1.70. The molecule has 0 fully saturated rings. The minimum absolute atomic E-state index is 0.0845. The maximum Gasteiger partial charge on any atom is 0.330 e. The van der Waals surface area contributed by atoms with Crippen molar-refractivity contribution in [3.63, 3.8) is 0 Å². The molecule has 0 aliphatic heterocycles. The third kappa shape index (κ3) is 3.66. The zero-order chi connectivity index (χ0) is 16.3. The number of carbonyl (C=O) groups excluding carboxylic acids is 1. The summed E-state index contributed by atoms with van der Waals surface area (Å²) in [5, 5.41) is 11.9. The number of carboxylic acids is 1. The van der Waals surface area contributed by atoms with Crippen LogP contribution in [0.15, 0.2) is 30.6 Å². The summed E-state index contributed by atoms with van der Waals surface area (Å²) in [6.45, 7) is 5.51. The molecule has 114 valence electrons. The largest absolute Gasteiger partial charge is 0.479 e. The lowest BCUT2D eigenvalue weighted by Crippen LogP contribution is -2.34. The van der Waals surface area contributed by atoms with E-state index in [-0.39, 0.29) is 5.69 Å². The van der Waals surface area contributed by atoms with Crippen LogP contribution in [0.2, 0.25) is 0 Å². The van der Waals surface area contributed by atoms with Crippen molar-refractivity contribution >= 4 is 11.9 Å². The molecule has 0 radical (unpaired) electrons. The Kier molecular flexibility index (Phi) is 4.50. The number of aryl methyl sites for hydroxylation is 3. The zero-order valence-electron chi connectivity index (χ0n) is 12.6. The van der Waals surface area contributed by atoms with Gasteiger partial charge in [-0.05, 0) is 26.3 Å². The molecule has 1 amide bonds. The van der Waals surface area contributed by atoms with Crippen LogP contribution in [0.3, 0.4) is 0 Å². The van der Waals surface area contributed by atoms with Gasteiger partial charge in [-0.2, -0.15) is 0 Å². The van der Waals surface area contributed by atoms with Crippen LogP contribution < -0.4 is 5.32 Å². The van der Waals surface area contributed by atoms with E-state index in [4.69, 9.17) is 0 Å². The van der Waals surface area contributed by atoms with Gasteiger partial charge in [0.15, 0.2) is 6.04 Å². The van der Waals surface area contributed by atoms with Crippen LogP contribution in [0.25, 0.3) is 0 Å². The number of nitrogens with zero attached hydrogens (tertiary/aromatic N) is 2. The number of nitrogens with one attached hydrogen (secondary N) is 1. The first-order chi connectivity index (χ1) is 10.4. The first kappa shape index (κ1) is 15.6. The van der Waals surface area contributed by atoms with Gasteiger partial charge in [0.2, 0.25) is 0 Å². The van der Waals surface area contributed by atoms with Crippen LogP contribution >= 0.6 is 0 Å². The van der Waals surface area contributed by atoms with Gasteiger partial charge in [-0.1, -0.05) is 29.3 Å². The normalized spacial score (nSPS) is 11.8.